The first-order valence-electron chi connectivity index (χ1n) is 37.0. The van der Waals surface area contributed by atoms with Gasteiger partial charge in [0.15, 0.2) is 12.6 Å². The van der Waals surface area contributed by atoms with Gasteiger partial charge in [-0.25, -0.2) is 0 Å². The number of aliphatic hydroxyl groups excluding tert-OH is 8. The van der Waals surface area contributed by atoms with Gasteiger partial charge in [0.2, 0.25) is 5.91 Å². The third-order valence-corrected chi connectivity index (χ3v) is 18.0. The van der Waals surface area contributed by atoms with Crippen molar-refractivity contribution in [3.63, 3.8) is 0 Å². The molecule has 0 aromatic rings. The van der Waals surface area contributed by atoms with Crippen molar-refractivity contribution < 1.29 is 64.6 Å². The number of carbonyl (C=O) groups is 1. The minimum Gasteiger partial charge on any atom is -0.394 e. The molecule has 0 saturated carbocycles. The van der Waals surface area contributed by atoms with E-state index in [0.29, 0.717) is 6.42 Å². The Balaban J connectivity index is 1.66. The van der Waals surface area contributed by atoms with E-state index in [-0.39, 0.29) is 18.9 Å². The smallest absolute Gasteiger partial charge is 0.220 e. The van der Waals surface area contributed by atoms with E-state index in [9.17, 15) is 45.6 Å². The van der Waals surface area contributed by atoms with Gasteiger partial charge in [-0.1, -0.05) is 312 Å². The maximum atomic E-state index is 13.3. The Morgan fingerprint density at radius 1 is 0.416 bits per heavy atom. The second-order valence-electron chi connectivity index (χ2n) is 26.0. The number of hydrogen-bond acceptors (Lipinski definition) is 13. The van der Waals surface area contributed by atoms with Crippen LogP contribution in [0.1, 0.15) is 316 Å². The SMILES string of the molecule is CC/C=C\C/C=C\C/C=C\C/C=C\CCCCCCCCCCCCCCC(=O)NC(COC1OC(CO)C(OC2OC(CO)C(O)C(O)C2O)C(O)C1O)C(O)/C=C/CCCCCCCCCCCCCCCCCCCCCCCCCCCCCC. The van der Waals surface area contributed by atoms with Crippen molar-refractivity contribution in [3.8, 4) is 0 Å². The Morgan fingerprint density at radius 3 is 1.19 bits per heavy atom. The van der Waals surface area contributed by atoms with Gasteiger partial charge in [0, 0.05) is 6.42 Å². The molecule has 9 N–H and O–H groups in total. The molecule has 12 atom stereocenters. The molecule has 2 saturated heterocycles. The van der Waals surface area contributed by atoms with E-state index in [1.165, 1.54) is 218 Å². The van der Waals surface area contributed by atoms with Gasteiger partial charge in [0.1, 0.15) is 48.8 Å². The zero-order valence-electron chi connectivity index (χ0n) is 56.7. The minimum atomic E-state index is -1.79. The third kappa shape index (κ3) is 43.3. The van der Waals surface area contributed by atoms with E-state index in [1.807, 2.05) is 6.08 Å². The van der Waals surface area contributed by atoms with Gasteiger partial charge in [-0.05, 0) is 57.8 Å². The van der Waals surface area contributed by atoms with Crippen LogP contribution in [0, 0.1) is 0 Å². The molecular weight excluding hydrogens is 1120 g/mol. The number of aliphatic hydroxyl groups is 8. The molecule has 520 valence electrons. The maximum Gasteiger partial charge on any atom is 0.220 e. The predicted octanol–water partition coefficient (Wildman–Crippen LogP) is 15.6. The molecule has 12 unspecified atom stereocenters. The van der Waals surface area contributed by atoms with Crippen LogP contribution in [0.4, 0.5) is 0 Å². The summed E-state index contributed by atoms with van der Waals surface area (Å²) in [5.74, 6) is -0.239. The predicted molar refractivity (Wildman–Crippen MR) is 364 cm³/mol. The summed E-state index contributed by atoms with van der Waals surface area (Å²) in [5, 5.41) is 87.6. The molecule has 2 aliphatic rings. The van der Waals surface area contributed by atoms with Gasteiger partial charge in [-0.3, -0.25) is 4.79 Å². The van der Waals surface area contributed by atoms with Crippen LogP contribution in [-0.4, -0.2) is 140 Å². The molecule has 0 aromatic heterocycles. The van der Waals surface area contributed by atoms with E-state index < -0.39 is 86.8 Å². The van der Waals surface area contributed by atoms with E-state index >= 15 is 0 Å². The fraction of sp³-hybridized carbons (Fsp3) is 0.853. The molecular formula is C75H137NO13. The van der Waals surface area contributed by atoms with E-state index in [1.54, 1.807) is 6.08 Å². The molecule has 0 spiro atoms. The van der Waals surface area contributed by atoms with E-state index in [4.69, 9.17) is 18.9 Å². The number of amides is 1. The molecule has 2 rings (SSSR count). The molecule has 0 radical (unpaired) electrons. The zero-order chi connectivity index (χ0) is 64.5. The molecule has 2 aliphatic heterocycles. The largest absolute Gasteiger partial charge is 0.394 e. The Morgan fingerprint density at radius 2 is 0.775 bits per heavy atom. The van der Waals surface area contributed by atoms with Crippen LogP contribution in [0.15, 0.2) is 60.8 Å². The van der Waals surface area contributed by atoms with Crippen LogP contribution >= 0.6 is 0 Å². The minimum absolute atomic E-state index is 0.239. The lowest BCUT2D eigenvalue weighted by atomic mass is 9.97. The monoisotopic (exact) mass is 1260 g/mol. The third-order valence-electron chi connectivity index (χ3n) is 18.0. The fourth-order valence-electron chi connectivity index (χ4n) is 12.1. The van der Waals surface area contributed by atoms with Crippen molar-refractivity contribution in [2.24, 2.45) is 0 Å². The van der Waals surface area contributed by atoms with Crippen molar-refractivity contribution in [2.45, 2.75) is 389 Å². The highest BCUT2D eigenvalue weighted by molar-refractivity contribution is 5.76. The molecule has 89 heavy (non-hydrogen) atoms. The van der Waals surface area contributed by atoms with Crippen LogP contribution in [0.3, 0.4) is 0 Å². The van der Waals surface area contributed by atoms with Gasteiger partial charge in [0.25, 0.3) is 0 Å². The summed E-state index contributed by atoms with van der Waals surface area (Å²) in [4.78, 5) is 13.3. The van der Waals surface area contributed by atoms with Crippen molar-refractivity contribution in [3.05, 3.63) is 60.8 Å². The number of carbonyl (C=O) groups excluding carboxylic acids is 1. The summed E-state index contributed by atoms with van der Waals surface area (Å²) < 4.78 is 22.9. The normalized spacial score (nSPS) is 23.3. The molecule has 0 bridgehead atoms. The van der Waals surface area contributed by atoms with Crippen LogP contribution in [-0.2, 0) is 23.7 Å². The summed E-state index contributed by atoms with van der Waals surface area (Å²) >= 11 is 0. The number of ether oxygens (including phenoxy) is 4. The van der Waals surface area contributed by atoms with Gasteiger partial charge >= 0.3 is 0 Å². The Labute approximate surface area is 543 Å². The molecule has 14 nitrogen and oxygen atoms in total. The van der Waals surface area contributed by atoms with Crippen molar-refractivity contribution in [2.75, 3.05) is 19.8 Å². The summed E-state index contributed by atoms with van der Waals surface area (Å²) in [5.41, 5.74) is 0. The average molecular weight is 1260 g/mol. The molecule has 2 heterocycles. The lowest BCUT2D eigenvalue weighted by Crippen LogP contribution is -2.65. The molecule has 0 aromatic carbocycles. The second kappa shape index (κ2) is 59.4. The maximum absolute atomic E-state index is 13.3. The summed E-state index contributed by atoms with van der Waals surface area (Å²) in [6, 6.07) is -0.920. The van der Waals surface area contributed by atoms with Gasteiger partial charge in [-0.2, -0.15) is 0 Å². The van der Waals surface area contributed by atoms with Crippen molar-refractivity contribution in [1.29, 1.82) is 0 Å². The lowest BCUT2D eigenvalue weighted by Gasteiger charge is -2.46. The quantitative estimate of drug-likeness (QED) is 0.0204. The van der Waals surface area contributed by atoms with Crippen LogP contribution in [0.5, 0.6) is 0 Å². The van der Waals surface area contributed by atoms with Crippen molar-refractivity contribution in [1.82, 2.24) is 5.32 Å². The van der Waals surface area contributed by atoms with E-state index in [2.05, 4.69) is 67.8 Å². The fourth-order valence-corrected chi connectivity index (χ4v) is 12.1. The first-order chi connectivity index (χ1) is 43.6. The zero-order valence-corrected chi connectivity index (χ0v) is 56.7. The van der Waals surface area contributed by atoms with Crippen molar-refractivity contribution >= 4 is 5.91 Å². The topological polar surface area (TPSA) is 228 Å². The van der Waals surface area contributed by atoms with E-state index in [0.717, 1.165) is 70.6 Å². The highest BCUT2D eigenvalue weighted by atomic mass is 16.7. The number of unbranched alkanes of at least 4 members (excludes halogenated alkanes) is 40. The number of hydrogen-bond donors (Lipinski definition) is 9. The molecule has 0 aliphatic carbocycles. The highest BCUT2D eigenvalue weighted by Crippen LogP contribution is 2.30. The first kappa shape index (κ1) is 82.8. The molecule has 2 fully saturated rings. The van der Waals surface area contributed by atoms with Crippen LogP contribution in [0.2, 0.25) is 0 Å². The Hall–Kier alpha value is -2.31. The summed E-state index contributed by atoms with van der Waals surface area (Å²) in [6.45, 7) is 2.73. The number of rotatable bonds is 61. The Bertz CT molecular complexity index is 1720. The highest BCUT2D eigenvalue weighted by Gasteiger charge is 2.51. The Kier molecular flexibility index (Phi) is 55.3. The second-order valence-corrected chi connectivity index (χ2v) is 26.0. The molecule has 14 heteroatoms. The van der Waals surface area contributed by atoms with Crippen LogP contribution < -0.4 is 5.32 Å². The standard InChI is InChI=1S/C75H137NO13/c1-3-5-7-9-11-13-15-17-19-21-23-25-27-29-30-31-32-33-35-36-38-40-42-44-46-48-50-52-54-56-58-64(79)63(62-86-74-72(85)70(83)73(66(61-78)88-74)89-75-71(84)69(82)68(81)65(60-77)87-75)76-67(80)59-57-55-53-51-49-47-45-43-41-39-37-34-28-26-24-22-20-18-16-14-12-10-8-6-4-2/h6,8,12,14,18,20,24,26,56,58,63-66,68-75,77-79,81-85H,3-5,7,9-11,13,15-17,19,21-23,25,27-55,57,59-62H2,1-2H3,(H,76,80)/b8-6-,14-12-,20-18-,26-24-,58-56+. The van der Waals surface area contributed by atoms with Gasteiger partial charge in [0.05, 0.1) is 32.0 Å². The van der Waals surface area contributed by atoms with Crippen LogP contribution in [0.25, 0.3) is 0 Å². The van der Waals surface area contributed by atoms with Gasteiger partial charge in [-0.15, -0.1) is 0 Å². The lowest BCUT2D eigenvalue weighted by molar-refractivity contribution is -0.359. The number of nitrogens with one attached hydrogen (secondary N) is 1. The van der Waals surface area contributed by atoms with Gasteiger partial charge < -0.3 is 65.1 Å². The molecule has 1 amide bonds. The number of allylic oxidation sites excluding steroid dienone is 9. The summed E-state index contributed by atoms with van der Waals surface area (Å²) in [7, 11) is 0. The summed E-state index contributed by atoms with van der Waals surface area (Å²) in [6.07, 6.45) is 62.8. The average Bonchev–Trinajstić information content (AvgIpc) is 1.37. The first-order valence-corrected chi connectivity index (χ1v) is 37.0.